The van der Waals surface area contributed by atoms with E-state index < -0.39 is 0 Å². The van der Waals surface area contributed by atoms with Crippen LogP contribution < -0.4 is 10.6 Å². The minimum atomic E-state index is -0.364. The van der Waals surface area contributed by atoms with Gasteiger partial charge in [0.2, 0.25) is 0 Å². The monoisotopic (exact) mass is 352 g/mol. The number of carbonyl (C=O) groups is 1. The van der Waals surface area contributed by atoms with Gasteiger partial charge < -0.3 is 15.4 Å². The Labute approximate surface area is 156 Å². The zero-order valence-electron chi connectivity index (χ0n) is 16.1. The molecule has 1 aliphatic carbocycles. The predicted octanol–water partition coefficient (Wildman–Crippen LogP) is 4.29. The molecule has 0 fully saturated rings. The Hall–Kier alpha value is -2.33. The number of hydrogen-bond donors (Lipinski definition) is 2. The van der Waals surface area contributed by atoms with Crippen molar-refractivity contribution in [2.75, 3.05) is 19.0 Å². The van der Waals surface area contributed by atoms with Gasteiger partial charge in [-0.3, -0.25) is 0 Å². The molecule has 0 aromatic heterocycles. The third-order valence-corrected chi connectivity index (χ3v) is 5.16. The van der Waals surface area contributed by atoms with Crippen molar-refractivity contribution in [1.29, 1.82) is 0 Å². The maximum atomic E-state index is 12.3. The number of carbonyl (C=O) groups excluding carboxylic acids is 1. The molecule has 2 N–H and O–H groups in total. The smallest absolute Gasteiger partial charge is 0.319 e. The Bertz CT molecular complexity index is 750. The topological polar surface area (TPSA) is 50.4 Å². The van der Waals surface area contributed by atoms with Crippen molar-refractivity contribution in [3.63, 3.8) is 0 Å². The highest BCUT2D eigenvalue weighted by molar-refractivity contribution is 5.89. The molecule has 4 heteroatoms. The fourth-order valence-corrected chi connectivity index (χ4v) is 3.47. The fourth-order valence-electron chi connectivity index (χ4n) is 3.47. The summed E-state index contributed by atoms with van der Waals surface area (Å²) in [7, 11) is 1.72. The van der Waals surface area contributed by atoms with Gasteiger partial charge in [0, 0.05) is 32.2 Å². The lowest BCUT2D eigenvalue weighted by atomic mass is 9.87. The van der Waals surface area contributed by atoms with Crippen LogP contribution in [0.25, 0.3) is 0 Å². The first-order chi connectivity index (χ1) is 12.3. The molecular weight excluding hydrogens is 324 g/mol. The van der Waals surface area contributed by atoms with Gasteiger partial charge in [0.25, 0.3) is 0 Å². The van der Waals surface area contributed by atoms with E-state index in [1.807, 2.05) is 24.3 Å². The van der Waals surface area contributed by atoms with Crippen molar-refractivity contribution in [1.82, 2.24) is 5.32 Å². The Morgan fingerprint density at radius 3 is 2.12 bits per heavy atom. The van der Waals surface area contributed by atoms with E-state index in [1.54, 1.807) is 7.11 Å². The van der Waals surface area contributed by atoms with Crippen LogP contribution in [0.5, 0.6) is 0 Å². The Morgan fingerprint density at radius 1 is 1.04 bits per heavy atom. The standard InChI is InChI=1S/C22H28N2O2/c1-21(2,3)18-9-11-19(12-10-18)24-20(25)23-15-22(26-4)13-16-7-5-6-8-17(16)14-22/h5-12H,13-15H2,1-4H3,(H2,23,24,25). The third kappa shape index (κ3) is 4.07. The van der Waals surface area contributed by atoms with Crippen LogP contribution in [0.4, 0.5) is 10.5 Å². The van der Waals surface area contributed by atoms with Gasteiger partial charge in [-0.2, -0.15) is 0 Å². The van der Waals surface area contributed by atoms with Crippen molar-refractivity contribution < 1.29 is 9.53 Å². The van der Waals surface area contributed by atoms with Gasteiger partial charge >= 0.3 is 6.03 Å². The van der Waals surface area contributed by atoms with Crippen molar-refractivity contribution >= 4 is 11.7 Å². The number of urea groups is 1. The lowest BCUT2D eigenvalue weighted by Crippen LogP contribution is -2.46. The van der Waals surface area contributed by atoms with Crippen LogP contribution in [-0.4, -0.2) is 25.3 Å². The SMILES string of the molecule is COC1(CNC(=O)Nc2ccc(C(C)(C)C)cc2)Cc2ccccc2C1. The van der Waals surface area contributed by atoms with Crippen LogP contribution in [0.1, 0.15) is 37.5 Å². The molecular formula is C22H28N2O2. The van der Waals surface area contributed by atoms with Crippen molar-refractivity contribution in [3.05, 3.63) is 65.2 Å². The highest BCUT2D eigenvalue weighted by Gasteiger charge is 2.37. The summed E-state index contributed by atoms with van der Waals surface area (Å²) in [6.07, 6.45) is 1.64. The average molecular weight is 352 g/mol. The maximum Gasteiger partial charge on any atom is 0.319 e. The van der Waals surface area contributed by atoms with Crippen molar-refractivity contribution in [2.45, 2.75) is 44.6 Å². The van der Waals surface area contributed by atoms with E-state index >= 15 is 0 Å². The zero-order chi connectivity index (χ0) is 18.8. The molecule has 2 amide bonds. The second-order valence-corrected chi connectivity index (χ2v) is 8.14. The van der Waals surface area contributed by atoms with E-state index in [4.69, 9.17) is 4.74 Å². The van der Waals surface area contributed by atoms with Crippen molar-refractivity contribution in [3.8, 4) is 0 Å². The minimum Gasteiger partial charge on any atom is -0.376 e. The van der Waals surface area contributed by atoms with Crippen LogP contribution in [0, 0.1) is 0 Å². The second kappa shape index (κ2) is 7.12. The summed E-state index contributed by atoms with van der Waals surface area (Å²) in [6, 6.07) is 16.1. The summed E-state index contributed by atoms with van der Waals surface area (Å²) in [5, 5.41) is 5.87. The number of amides is 2. The van der Waals surface area contributed by atoms with E-state index in [1.165, 1.54) is 16.7 Å². The van der Waals surface area contributed by atoms with E-state index in [9.17, 15) is 4.79 Å². The molecule has 138 valence electrons. The van der Waals surface area contributed by atoms with Gasteiger partial charge in [0.15, 0.2) is 0 Å². The lowest BCUT2D eigenvalue weighted by Gasteiger charge is -2.27. The summed E-state index contributed by atoms with van der Waals surface area (Å²) in [5.41, 5.74) is 4.37. The molecule has 0 heterocycles. The Balaban J connectivity index is 1.57. The van der Waals surface area contributed by atoms with Gasteiger partial charge in [0.05, 0.1) is 5.60 Å². The summed E-state index contributed by atoms with van der Waals surface area (Å²) in [4.78, 5) is 12.3. The first-order valence-corrected chi connectivity index (χ1v) is 9.09. The number of methoxy groups -OCH3 is 1. The minimum absolute atomic E-state index is 0.100. The predicted molar refractivity (Wildman–Crippen MR) is 106 cm³/mol. The second-order valence-electron chi connectivity index (χ2n) is 8.14. The van der Waals surface area contributed by atoms with Gasteiger partial charge in [-0.25, -0.2) is 4.79 Å². The number of benzene rings is 2. The largest absolute Gasteiger partial charge is 0.376 e. The van der Waals surface area contributed by atoms with Crippen LogP contribution in [-0.2, 0) is 23.0 Å². The zero-order valence-corrected chi connectivity index (χ0v) is 16.1. The molecule has 0 aliphatic heterocycles. The van der Waals surface area contributed by atoms with Crippen LogP contribution in [0.3, 0.4) is 0 Å². The molecule has 0 radical (unpaired) electrons. The van der Waals surface area contributed by atoms with Crippen molar-refractivity contribution in [2.24, 2.45) is 0 Å². The number of hydrogen-bond acceptors (Lipinski definition) is 2. The lowest BCUT2D eigenvalue weighted by molar-refractivity contribution is 0.00208. The van der Waals surface area contributed by atoms with Crippen LogP contribution in [0.2, 0.25) is 0 Å². The maximum absolute atomic E-state index is 12.3. The number of rotatable bonds is 4. The van der Waals surface area contributed by atoms with E-state index in [0.29, 0.717) is 6.54 Å². The van der Waals surface area contributed by atoms with E-state index in [0.717, 1.165) is 18.5 Å². The summed E-state index contributed by atoms with van der Waals surface area (Å²) in [6.45, 7) is 6.99. The van der Waals surface area contributed by atoms with Gasteiger partial charge in [0.1, 0.15) is 0 Å². The molecule has 1 aliphatic rings. The molecule has 3 rings (SSSR count). The normalized spacial score (nSPS) is 15.4. The molecule has 0 saturated carbocycles. The van der Waals surface area contributed by atoms with E-state index in [-0.39, 0.29) is 17.0 Å². The summed E-state index contributed by atoms with van der Waals surface area (Å²) >= 11 is 0. The molecule has 4 nitrogen and oxygen atoms in total. The van der Waals surface area contributed by atoms with Gasteiger partial charge in [-0.15, -0.1) is 0 Å². The molecule has 0 unspecified atom stereocenters. The Morgan fingerprint density at radius 2 is 1.62 bits per heavy atom. The molecule has 0 spiro atoms. The average Bonchev–Trinajstić information content (AvgIpc) is 2.99. The number of anilines is 1. The fraction of sp³-hybridized carbons (Fsp3) is 0.409. The highest BCUT2D eigenvalue weighted by atomic mass is 16.5. The van der Waals surface area contributed by atoms with E-state index in [2.05, 4.69) is 55.7 Å². The molecule has 2 aromatic rings. The number of ether oxygens (including phenoxy) is 1. The first kappa shape index (κ1) is 18.5. The highest BCUT2D eigenvalue weighted by Crippen LogP contribution is 2.32. The van der Waals surface area contributed by atoms with Crippen LogP contribution >= 0.6 is 0 Å². The molecule has 26 heavy (non-hydrogen) atoms. The molecule has 0 saturated heterocycles. The number of nitrogens with one attached hydrogen (secondary N) is 2. The van der Waals surface area contributed by atoms with Gasteiger partial charge in [-0.05, 0) is 34.2 Å². The Kier molecular flexibility index (Phi) is 5.05. The first-order valence-electron chi connectivity index (χ1n) is 9.09. The summed E-state index contributed by atoms with van der Waals surface area (Å²) < 4.78 is 5.79. The third-order valence-electron chi connectivity index (χ3n) is 5.16. The molecule has 0 atom stereocenters. The summed E-state index contributed by atoms with van der Waals surface area (Å²) in [5.74, 6) is 0. The molecule has 2 aromatic carbocycles. The van der Waals surface area contributed by atoms with Crippen LogP contribution in [0.15, 0.2) is 48.5 Å². The van der Waals surface area contributed by atoms with Gasteiger partial charge in [-0.1, -0.05) is 57.2 Å². The molecule has 0 bridgehead atoms. The quantitative estimate of drug-likeness (QED) is 0.862. The number of fused-ring (bicyclic) bond motifs is 1.